The van der Waals surface area contributed by atoms with Crippen LogP contribution in [0.3, 0.4) is 0 Å². The highest BCUT2D eigenvalue weighted by molar-refractivity contribution is 5.99. The minimum Gasteiger partial charge on any atom is -0.487 e. The van der Waals surface area contributed by atoms with Crippen molar-refractivity contribution >= 4 is 11.6 Å². The van der Waals surface area contributed by atoms with Gasteiger partial charge in [0.1, 0.15) is 11.9 Å². The number of hydrogen-bond acceptors (Lipinski definition) is 5. The zero-order valence-corrected chi connectivity index (χ0v) is 16.1. The molecule has 1 saturated heterocycles. The first kappa shape index (κ1) is 17.5. The summed E-state index contributed by atoms with van der Waals surface area (Å²) in [5.41, 5.74) is 1.99. The third-order valence-corrected chi connectivity index (χ3v) is 5.90. The smallest absolute Gasteiger partial charge is 0.244 e. The number of aromatic nitrogens is 1. The van der Waals surface area contributed by atoms with Crippen molar-refractivity contribution in [2.24, 2.45) is 5.92 Å². The van der Waals surface area contributed by atoms with Crippen LogP contribution in [-0.4, -0.2) is 48.1 Å². The van der Waals surface area contributed by atoms with E-state index in [4.69, 9.17) is 9.47 Å². The number of carbonyl (C=O) groups is 1. The average molecular weight is 379 g/mol. The Balaban J connectivity index is 1.42. The normalized spacial score (nSPS) is 24.3. The molecule has 2 fully saturated rings. The molecule has 2 bridgehead atoms. The summed E-state index contributed by atoms with van der Waals surface area (Å²) in [6.45, 7) is 2.22. The predicted octanol–water partition coefficient (Wildman–Crippen LogP) is 2.87. The lowest BCUT2D eigenvalue weighted by atomic mass is 10.1. The number of benzene rings is 1. The number of anilines is 1. The van der Waals surface area contributed by atoms with E-state index in [1.165, 1.54) is 12.8 Å². The number of likely N-dealkylation sites (tertiary alicyclic amines) is 1. The van der Waals surface area contributed by atoms with Crippen molar-refractivity contribution in [3.05, 3.63) is 48.2 Å². The molecule has 2 aromatic rings. The van der Waals surface area contributed by atoms with Gasteiger partial charge < -0.3 is 14.4 Å². The van der Waals surface area contributed by atoms with Gasteiger partial charge in [-0.15, -0.1) is 0 Å². The molecule has 0 N–H and O–H groups in total. The Morgan fingerprint density at radius 3 is 2.82 bits per heavy atom. The maximum absolute atomic E-state index is 13.6. The highest BCUT2D eigenvalue weighted by Gasteiger charge is 2.43. The van der Waals surface area contributed by atoms with Crippen molar-refractivity contribution in [3.63, 3.8) is 0 Å². The quantitative estimate of drug-likeness (QED) is 0.800. The lowest BCUT2D eigenvalue weighted by molar-refractivity contribution is -0.123. The average Bonchev–Trinajstić information content (AvgIpc) is 3.45. The zero-order chi connectivity index (χ0) is 19.1. The van der Waals surface area contributed by atoms with Gasteiger partial charge in [-0.25, -0.2) is 4.98 Å². The van der Waals surface area contributed by atoms with Gasteiger partial charge in [0.2, 0.25) is 11.8 Å². The number of hydrogen-bond donors (Lipinski definition) is 0. The second-order valence-corrected chi connectivity index (χ2v) is 7.99. The van der Waals surface area contributed by atoms with E-state index in [1.54, 1.807) is 7.11 Å². The van der Waals surface area contributed by atoms with Crippen molar-refractivity contribution in [1.29, 1.82) is 0 Å². The molecule has 1 aromatic carbocycles. The van der Waals surface area contributed by atoms with Gasteiger partial charge in [-0.3, -0.25) is 9.69 Å². The molecular weight excluding hydrogens is 354 g/mol. The van der Waals surface area contributed by atoms with E-state index in [2.05, 4.69) is 9.88 Å². The van der Waals surface area contributed by atoms with E-state index in [1.807, 2.05) is 47.5 Å². The maximum atomic E-state index is 13.6. The van der Waals surface area contributed by atoms with Crippen LogP contribution < -0.4 is 14.4 Å². The molecule has 6 nitrogen and oxygen atoms in total. The fourth-order valence-electron chi connectivity index (χ4n) is 4.24. The fraction of sp³-hybridized carbons (Fsp3) is 0.455. The number of nitrogens with zero attached hydrogens (tertiary/aromatic N) is 3. The third-order valence-electron chi connectivity index (χ3n) is 5.90. The molecule has 28 heavy (non-hydrogen) atoms. The van der Waals surface area contributed by atoms with Gasteiger partial charge in [0.25, 0.3) is 0 Å². The summed E-state index contributed by atoms with van der Waals surface area (Å²) >= 11 is 0. The first-order chi connectivity index (χ1) is 13.7. The summed E-state index contributed by atoms with van der Waals surface area (Å²) in [5, 5.41) is 0. The topological polar surface area (TPSA) is 54.9 Å². The van der Waals surface area contributed by atoms with Gasteiger partial charge in [0, 0.05) is 38.3 Å². The molecule has 3 heterocycles. The molecule has 2 aliphatic heterocycles. The van der Waals surface area contributed by atoms with E-state index in [9.17, 15) is 4.79 Å². The number of para-hydroxylation sites is 2. The van der Waals surface area contributed by atoms with Crippen molar-refractivity contribution in [2.75, 3.05) is 25.1 Å². The molecule has 1 saturated carbocycles. The lowest BCUT2D eigenvalue weighted by Gasteiger charge is -2.32. The fourth-order valence-corrected chi connectivity index (χ4v) is 4.24. The summed E-state index contributed by atoms with van der Waals surface area (Å²) in [7, 11) is 1.61. The SMILES string of the molecule is COc1ccc(CN2C[C@@H]3C[C@H]2C(=O)N(CC2CC2)c2ccccc2O3)cn1. The van der Waals surface area contributed by atoms with E-state index in [0.717, 1.165) is 36.5 Å². The largest absolute Gasteiger partial charge is 0.487 e. The molecule has 1 amide bonds. The highest BCUT2D eigenvalue weighted by atomic mass is 16.5. The molecular formula is C22H25N3O3. The number of rotatable bonds is 5. The van der Waals surface area contributed by atoms with Gasteiger partial charge in [-0.1, -0.05) is 18.2 Å². The van der Waals surface area contributed by atoms with E-state index < -0.39 is 0 Å². The molecule has 1 aromatic heterocycles. The van der Waals surface area contributed by atoms with Crippen molar-refractivity contribution in [2.45, 2.75) is 38.0 Å². The Hall–Kier alpha value is -2.60. The summed E-state index contributed by atoms with van der Waals surface area (Å²) in [4.78, 5) is 22.1. The van der Waals surface area contributed by atoms with Gasteiger partial charge in [-0.2, -0.15) is 0 Å². The number of carbonyl (C=O) groups excluding carboxylic acids is 1. The van der Waals surface area contributed by atoms with E-state index in [0.29, 0.717) is 18.3 Å². The second-order valence-electron chi connectivity index (χ2n) is 7.99. The molecule has 0 unspecified atom stereocenters. The van der Waals surface area contributed by atoms with Crippen LogP contribution in [-0.2, 0) is 11.3 Å². The van der Waals surface area contributed by atoms with Crippen LogP contribution in [0.2, 0.25) is 0 Å². The van der Waals surface area contributed by atoms with Crippen LogP contribution >= 0.6 is 0 Å². The minimum absolute atomic E-state index is 0.0318. The number of pyridine rings is 1. The molecule has 6 heteroatoms. The summed E-state index contributed by atoms with van der Waals surface area (Å²) in [6, 6.07) is 11.7. The van der Waals surface area contributed by atoms with Crippen molar-refractivity contribution in [3.8, 4) is 11.6 Å². The lowest BCUT2D eigenvalue weighted by Crippen LogP contribution is -2.46. The van der Waals surface area contributed by atoms with Crippen LogP contribution in [0, 0.1) is 5.92 Å². The minimum atomic E-state index is -0.154. The van der Waals surface area contributed by atoms with Gasteiger partial charge in [0.05, 0.1) is 18.8 Å². The number of amides is 1. The van der Waals surface area contributed by atoms with Gasteiger partial charge in [-0.05, 0) is 36.5 Å². The number of fused-ring (bicyclic) bond motifs is 3. The second kappa shape index (κ2) is 7.09. The van der Waals surface area contributed by atoms with Crippen LogP contribution in [0.15, 0.2) is 42.6 Å². The first-order valence-electron chi connectivity index (χ1n) is 10.0. The summed E-state index contributed by atoms with van der Waals surface area (Å²) in [6.07, 6.45) is 5.01. The first-order valence-corrected chi connectivity index (χ1v) is 10.0. The van der Waals surface area contributed by atoms with Crippen molar-refractivity contribution in [1.82, 2.24) is 9.88 Å². The maximum Gasteiger partial charge on any atom is 0.244 e. The molecule has 5 rings (SSSR count). The molecule has 0 spiro atoms. The monoisotopic (exact) mass is 379 g/mol. The van der Waals surface area contributed by atoms with Crippen molar-refractivity contribution < 1.29 is 14.3 Å². The van der Waals surface area contributed by atoms with Gasteiger partial charge in [0.15, 0.2) is 0 Å². The number of methoxy groups -OCH3 is 1. The zero-order valence-electron chi connectivity index (χ0n) is 16.1. The Morgan fingerprint density at radius 2 is 2.07 bits per heavy atom. The van der Waals surface area contributed by atoms with Crippen LogP contribution in [0.25, 0.3) is 0 Å². The van der Waals surface area contributed by atoms with Crippen LogP contribution in [0.1, 0.15) is 24.8 Å². The van der Waals surface area contributed by atoms with E-state index >= 15 is 0 Å². The Labute approximate surface area is 165 Å². The standard InChI is InChI=1S/C22H25N3O3/c1-27-21-9-8-16(11-23-21)12-24-14-17-10-19(24)22(26)25(13-15-6-7-15)18-4-2-3-5-20(18)28-17/h2-5,8-9,11,15,17,19H,6-7,10,12-14H2,1H3/t17-,19-/m0/s1. The summed E-state index contributed by atoms with van der Waals surface area (Å²) < 4.78 is 11.5. The van der Waals surface area contributed by atoms with E-state index in [-0.39, 0.29) is 18.1 Å². The molecule has 3 aliphatic rings. The Bertz CT molecular complexity index is 866. The van der Waals surface area contributed by atoms with Crippen LogP contribution in [0.4, 0.5) is 5.69 Å². The van der Waals surface area contributed by atoms with Gasteiger partial charge >= 0.3 is 0 Å². The third kappa shape index (κ3) is 3.33. The molecule has 0 radical (unpaired) electrons. The summed E-state index contributed by atoms with van der Waals surface area (Å²) in [5.74, 6) is 2.25. The molecule has 2 atom stereocenters. The highest BCUT2D eigenvalue weighted by Crippen LogP contribution is 2.39. The number of ether oxygens (including phenoxy) is 2. The predicted molar refractivity (Wildman–Crippen MR) is 106 cm³/mol. The molecule has 1 aliphatic carbocycles. The molecule has 146 valence electrons. The van der Waals surface area contributed by atoms with Crippen LogP contribution in [0.5, 0.6) is 11.6 Å². The Morgan fingerprint density at radius 1 is 1.21 bits per heavy atom. The Kier molecular flexibility index (Phi) is 4.43.